The van der Waals surface area contributed by atoms with E-state index in [-0.39, 0.29) is 18.4 Å². The number of thioether (sulfide) groups is 1. The molecule has 0 heterocycles. The summed E-state index contributed by atoms with van der Waals surface area (Å²) in [6.07, 6.45) is 0.754. The van der Waals surface area contributed by atoms with E-state index in [0.717, 1.165) is 16.2 Å². The van der Waals surface area contributed by atoms with Gasteiger partial charge in [0.1, 0.15) is 5.75 Å². The molecule has 5 nitrogen and oxygen atoms in total. The maximum atomic E-state index is 12.3. The molecule has 0 radical (unpaired) electrons. The lowest BCUT2D eigenvalue weighted by Crippen LogP contribution is -2.29. The molecule has 2 aromatic carbocycles. The number of hydrogen-bond acceptors (Lipinski definition) is 4. The minimum absolute atomic E-state index is 0.0143. The van der Waals surface area contributed by atoms with Gasteiger partial charge in [-0.05, 0) is 36.2 Å². The lowest BCUT2D eigenvalue weighted by molar-refractivity contribution is -0.137. The molecule has 0 bridgehead atoms. The van der Waals surface area contributed by atoms with Crippen LogP contribution in [0, 0.1) is 0 Å². The average Bonchev–Trinajstić information content (AvgIpc) is 2.66. The van der Waals surface area contributed by atoms with Crippen LogP contribution < -0.4 is 10.1 Å². The van der Waals surface area contributed by atoms with Gasteiger partial charge in [0.25, 0.3) is 0 Å². The summed E-state index contributed by atoms with van der Waals surface area (Å²) in [6.45, 7) is 0. The molecule has 0 aliphatic heterocycles. The third-order valence-corrected chi connectivity index (χ3v) is 4.86. The quantitative estimate of drug-likeness (QED) is 0.618. The van der Waals surface area contributed by atoms with Gasteiger partial charge in [0, 0.05) is 23.5 Å². The first-order valence-electron chi connectivity index (χ1n) is 8.41. The van der Waals surface area contributed by atoms with Gasteiger partial charge in [-0.1, -0.05) is 30.3 Å². The number of carboxylic acid groups (broad SMARTS) is 1. The van der Waals surface area contributed by atoms with E-state index in [1.807, 2.05) is 54.6 Å². The minimum Gasteiger partial charge on any atom is -0.497 e. The maximum Gasteiger partial charge on any atom is 0.303 e. The zero-order valence-corrected chi connectivity index (χ0v) is 15.5. The Labute approximate surface area is 157 Å². The van der Waals surface area contributed by atoms with Crippen LogP contribution in [0.5, 0.6) is 5.75 Å². The van der Waals surface area contributed by atoms with Crippen molar-refractivity contribution >= 4 is 23.6 Å². The molecule has 2 N–H and O–H groups in total. The zero-order valence-electron chi connectivity index (χ0n) is 14.7. The SMILES string of the molecule is COc1ccc(SCCC(=O)NC(CCC(=O)O)c2ccccc2)cc1. The summed E-state index contributed by atoms with van der Waals surface area (Å²) in [5, 5.41) is 11.9. The first kappa shape index (κ1) is 19.8. The lowest BCUT2D eigenvalue weighted by atomic mass is 10.0. The van der Waals surface area contributed by atoms with Gasteiger partial charge < -0.3 is 15.2 Å². The highest BCUT2D eigenvalue weighted by molar-refractivity contribution is 7.99. The van der Waals surface area contributed by atoms with Crippen molar-refractivity contribution in [2.24, 2.45) is 0 Å². The van der Waals surface area contributed by atoms with Gasteiger partial charge >= 0.3 is 5.97 Å². The fourth-order valence-corrected chi connectivity index (χ4v) is 3.33. The van der Waals surface area contributed by atoms with Crippen LogP contribution >= 0.6 is 11.8 Å². The van der Waals surface area contributed by atoms with Gasteiger partial charge in [-0.15, -0.1) is 11.8 Å². The number of carboxylic acids is 1. The van der Waals surface area contributed by atoms with Crippen molar-refractivity contribution in [3.63, 3.8) is 0 Å². The number of methoxy groups -OCH3 is 1. The Balaban J connectivity index is 1.84. The van der Waals surface area contributed by atoms with Gasteiger partial charge in [-0.25, -0.2) is 0 Å². The van der Waals surface area contributed by atoms with Crippen LogP contribution in [0.3, 0.4) is 0 Å². The molecule has 0 aliphatic rings. The number of rotatable bonds is 10. The van der Waals surface area contributed by atoms with Crippen LogP contribution in [-0.2, 0) is 9.59 Å². The number of nitrogens with one attached hydrogen (secondary N) is 1. The Morgan fingerprint density at radius 3 is 2.38 bits per heavy atom. The topological polar surface area (TPSA) is 75.6 Å². The summed E-state index contributed by atoms with van der Waals surface area (Å²) in [6, 6.07) is 16.9. The van der Waals surface area contributed by atoms with Crippen molar-refractivity contribution in [1.29, 1.82) is 0 Å². The third kappa shape index (κ3) is 6.80. The number of carbonyl (C=O) groups is 2. The van der Waals surface area contributed by atoms with E-state index < -0.39 is 5.97 Å². The van der Waals surface area contributed by atoms with Crippen LogP contribution in [0.2, 0.25) is 0 Å². The summed E-state index contributed by atoms with van der Waals surface area (Å²) in [7, 11) is 1.62. The van der Waals surface area contributed by atoms with Crippen LogP contribution in [0.4, 0.5) is 0 Å². The van der Waals surface area contributed by atoms with Crippen LogP contribution in [-0.4, -0.2) is 29.8 Å². The Hall–Kier alpha value is -2.47. The van der Waals surface area contributed by atoms with E-state index in [9.17, 15) is 9.59 Å². The van der Waals surface area contributed by atoms with E-state index in [1.165, 1.54) is 0 Å². The van der Waals surface area contributed by atoms with Gasteiger partial charge in [-0.2, -0.15) is 0 Å². The fraction of sp³-hybridized carbons (Fsp3) is 0.300. The minimum atomic E-state index is -0.866. The Bertz CT molecular complexity index is 704. The largest absolute Gasteiger partial charge is 0.497 e. The second-order valence-electron chi connectivity index (χ2n) is 5.74. The monoisotopic (exact) mass is 373 g/mol. The first-order valence-corrected chi connectivity index (χ1v) is 9.40. The van der Waals surface area contributed by atoms with Crippen LogP contribution in [0.1, 0.15) is 30.9 Å². The number of hydrogen-bond donors (Lipinski definition) is 2. The molecule has 0 saturated heterocycles. The van der Waals surface area contributed by atoms with E-state index in [2.05, 4.69) is 5.32 Å². The molecular formula is C20H23NO4S. The molecule has 26 heavy (non-hydrogen) atoms. The normalized spacial score (nSPS) is 11.6. The number of aliphatic carboxylic acids is 1. The molecule has 0 fully saturated rings. The average molecular weight is 373 g/mol. The van der Waals surface area contributed by atoms with Crippen LogP contribution in [0.15, 0.2) is 59.5 Å². The predicted molar refractivity (Wildman–Crippen MR) is 103 cm³/mol. The fourth-order valence-electron chi connectivity index (χ4n) is 2.48. The third-order valence-electron chi connectivity index (χ3n) is 3.84. The second kappa shape index (κ2) is 10.5. The van der Waals surface area contributed by atoms with Gasteiger partial charge in [-0.3, -0.25) is 9.59 Å². The number of ether oxygens (including phenoxy) is 1. The standard InChI is InChI=1S/C20H23NO4S/c1-25-16-7-9-17(10-8-16)26-14-13-19(22)21-18(11-12-20(23)24)15-5-3-2-4-6-15/h2-10,18H,11-14H2,1H3,(H,21,22)(H,23,24). The smallest absolute Gasteiger partial charge is 0.303 e. The summed E-state index contributed by atoms with van der Waals surface area (Å²) in [5.74, 6) is 0.509. The molecule has 0 aliphatic carbocycles. The van der Waals surface area contributed by atoms with Crippen molar-refractivity contribution in [2.45, 2.75) is 30.2 Å². The highest BCUT2D eigenvalue weighted by atomic mass is 32.2. The Kier molecular flexibility index (Phi) is 8.02. The van der Waals surface area contributed by atoms with Crippen LogP contribution in [0.25, 0.3) is 0 Å². The molecule has 2 aromatic rings. The van der Waals surface area contributed by atoms with Crippen molar-refractivity contribution in [3.05, 3.63) is 60.2 Å². The van der Waals surface area contributed by atoms with Gasteiger partial charge in [0.15, 0.2) is 0 Å². The van der Waals surface area contributed by atoms with Gasteiger partial charge in [0.05, 0.1) is 13.2 Å². The highest BCUT2D eigenvalue weighted by Gasteiger charge is 2.15. The summed E-state index contributed by atoms with van der Waals surface area (Å²) in [5.41, 5.74) is 0.921. The van der Waals surface area contributed by atoms with E-state index in [4.69, 9.17) is 9.84 Å². The molecule has 1 amide bonds. The molecule has 0 spiro atoms. The molecule has 138 valence electrons. The van der Waals surface area contributed by atoms with Crippen molar-refractivity contribution in [1.82, 2.24) is 5.32 Å². The first-order chi connectivity index (χ1) is 12.6. The number of benzene rings is 2. The summed E-state index contributed by atoms with van der Waals surface area (Å²) >= 11 is 1.60. The van der Waals surface area contributed by atoms with Crippen molar-refractivity contribution in [2.75, 3.05) is 12.9 Å². The summed E-state index contributed by atoms with van der Waals surface area (Å²) in [4.78, 5) is 24.2. The molecule has 1 atom stereocenters. The van der Waals surface area contributed by atoms with E-state index in [0.29, 0.717) is 18.6 Å². The zero-order chi connectivity index (χ0) is 18.8. The highest BCUT2D eigenvalue weighted by Crippen LogP contribution is 2.22. The van der Waals surface area contributed by atoms with Crippen molar-refractivity contribution in [3.8, 4) is 5.75 Å². The number of carbonyl (C=O) groups excluding carboxylic acids is 1. The molecule has 2 rings (SSSR count). The maximum absolute atomic E-state index is 12.3. The number of amides is 1. The van der Waals surface area contributed by atoms with Crippen molar-refractivity contribution < 1.29 is 19.4 Å². The Morgan fingerprint density at radius 1 is 1.08 bits per heavy atom. The molecule has 6 heteroatoms. The van der Waals surface area contributed by atoms with E-state index in [1.54, 1.807) is 18.9 Å². The molecule has 1 unspecified atom stereocenters. The summed E-state index contributed by atoms with van der Waals surface area (Å²) < 4.78 is 5.12. The second-order valence-corrected chi connectivity index (χ2v) is 6.91. The lowest BCUT2D eigenvalue weighted by Gasteiger charge is -2.18. The molecule has 0 aromatic heterocycles. The predicted octanol–water partition coefficient (Wildman–Crippen LogP) is 3.90. The molecular weight excluding hydrogens is 350 g/mol. The Morgan fingerprint density at radius 2 is 1.77 bits per heavy atom. The van der Waals surface area contributed by atoms with E-state index >= 15 is 0 Å². The van der Waals surface area contributed by atoms with Gasteiger partial charge in [0.2, 0.25) is 5.91 Å². The molecule has 0 saturated carbocycles.